The van der Waals surface area contributed by atoms with Crippen molar-refractivity contribution in [3.63, 3.8) is 0 Å². The maximum Gasteiger partial charge on any atom is 0.341 e. The van der Waals surface area contributed by atoms with E-state index in [1.165, 1.54) is 24.3 Å². The van der Waals surface area contributed by atoms with Crippen LogP contribution in [0.1, 0.15) is 54.6 Å². The first-order valence-electron chi connectivity index (χ1n) is 11.4. The Balaban J connectivity index is 1.84. The van der Waals surface area contributed by atoms with E-state index in [4.69, 9.17) is 4.74 Å². The first-order chi connectivity index (χ1) is 16.2. The second-order valence-electron chi connectivity index (χ2n) is 8.80. The van der Waals surface area contributed by atoms with Gasteiger partial charge in [0.15, 0.2) is 0 Å². The van der Waals surface area contributed by atoms with E-state index in [2.05, 4.69) is 4.90 Å². The van der Waals surface area contributed by atoms with Gasteiger partial charge >= 0.3 is 5.97 Å². The SMILES string of the molecule is CCN(CC)CC(C)=Cc1cc(F)ccc1N(c1ccc2c(c1C(=O)O)OCC1CC21)[SH](=O)=O. The number of carbonyl (C=O) groups is 1. The molecule has 0 radical (unpaired) electrons. The summed E-state index contributed by atoms with van der Waals surface area (Å²) >= 11 is 0. The van der Waals surface area contributed by atoms with Gasteiger partial charge in [-0.3, -0.25) is 4.90 Å². The van der Waals surface area contributed by atoms with Gasteiger partial charge in [0, 0.05) is 18.0 Å². The lowest BCUT2D eigenvalue weighted by atomic mass is 9.99. The number of hydrogen-bond donors (Lipinski definition) is 2. The van der Waals surface area contributed by atoms with Gasteiger partial charge in [0.05, 0.1) is 18.0 Å². The Kier molecular flexibility index (Phi) is 6.95. The fraction of sp³-hybridized carbons (Fsp3) is 0.400. The summed E-state index contributed by atoms with van der Waals surface area (Å²) in [6.07, 6.45) is 2.68. The predicted octanol–water partition coefficient (Wildman–Crippen LogP) is 4.43. The predicted molar refractivity (Wildman–Crippen MR) is 130 cm³/mol. The van der Waals surface area contributed by atoms with Gasteiger partial charge in [-0.1, -0.05) is 31.6 Å². The van der Waals surface area contributed by atoms with E-state index < -0.39 is 22.7 Å². The first kappa shape index (κ1) is 24.2. The molecule has 0 amide bonds. The van der Waals surface area contributed by atoms with Crippen LogP contribution in [0.25, 0.3) is 6.08 Å². The van der Waals surface area contributed by atoms with Gasteiger partial charge in [-0.05, 0) is 62.2 Å². The molecule has 0 spiro atoms. The molecule has 2 aromatic rings. The minimum absolute atomic E-state index is 0.0240. The van der Waals surface area contributed by atoms with Crippen molar-refractivity contribution in [3.05, 3.63) is 58.4 Å². The van der Waals surface area contributed by atoms with Crippen LogP contribution in [-0.2, 0) is 10.9 Å². The molecule has 1 aliphatic heterocycles. The number of hydrogen-bond acceptors (Lipinski definition) is 5. The zero-order valence-corrected chi connectivity index (χ0v) is 20.3. The lowest BCUT2D eigenvalue weighted by molar-refractivity contribution is 0.0692. The van der Waals surface area contributed by atoms with Gasteiger partial charge < -0.3 is 9.84 Å². The molecule has 1 aliphatic carbocycles. The topological polar surface area (TPSA) is 87.2 Å². The highest BCUT2D eigenvalue weighted by molar-refractivity contribution is 7.74. The smallest absolute Gasteiger partial charge is 0.341 e. The van der Waals surface area contributed by atoms with Crippen LogP contribution in [0, 0.1) is 11.7 Å². The summed E-state index contributed by atoms with van der Waals surface area (Å²) in [4.78, 5) is 14.5. The first-order valence-corrected chi connectivity index (χ1v) is 12.5. The molecule has 1 saturated carbocycles. The van der Waals surface area contributed by atoms with Crippen molar-refractivity contribution in [2.45, 2.75) is 33.1 Å². The number of aromatic carboxylic acids is 1. The van der Waals surface area contributed by atoms with E-state index in [1.807, 2.05) is 20.8 Å². The Bertz CT molecular complexity index is 1210. The van der Waals surface area contributed by atoms with Crippen LogP contribution in [0.2, 0.25) is 0 Å². The zero-order valence-electron chi connectivity index (χ0n) is 19.5. The fourth-order valence-corrected chi connectivity index (χ4v) is 5.37. The van der Waals surface area contributed by atoms with Crippen molar-refractivity contribution in [2.75, 3.05) is 30.5 Å². The third kappa shape index (κ3) is 4.67. The average Bonchev–Trinajstić information content (AvgIpc) is 3.58. The molecule has 1 heterocycles. The molecule has 1 N–H and O–H groups in total. The zero-order chi connectivity index (χ0) is 24.6. The van der Waals surface area contributed by atoms with Crippen LogP contribution >= 0.6 is 0 Å². The summed E-state index contributed by atoms with van der Waals surface area (Å²) in [5.41, 5.74) is 2.03. The molecule has 7 nitrogen and oxygen atoms in total. The van der Waals surface area contributed by atoms with Crippen molar-refractivity contribution >= 4 is 34.3 Å². The Morgan fingerprint density at radius 1 is 1.21 bits per heavy atom. The maximum absolute atomic E-state index is 14.2. The lowest BCUT2D eigenvalue weighted by Crippen LogP contribution is -2.24. The van der Waals surface area contributed by atoms with Crippen molar-refractivity contribution in [3.8, 4) is 5.75 Å². The van der Waals surface area contributed by atoms with Crippen molar-refractivity contribution in [1.29, 1.82) is 0 Å². The van der Waals surface area contributed by atoms with Crippen LogP contribution in [-0.4, -0.2) is 50.6 Å². The van der Waals surface area contributed by atoms with Crippen molar-refractivity contribution in [1.82, 2.24) is 4.90 Å². The third-order valence-corrected chi connectivity index (χ3v) is 7.28. The van der Waals surface area contributed by atoms with E-state index in [0.29, 0.717) is 24.6 Å². The summed E-state index contributed by atoms with van der Waals surface area (Å²) in [7, 11) is -3.29. The van der Waals surface area contributed by atoms with E-state index in [1.54, 1.807) is 12.1 Å². The van der Waals surface area contributed by atoms with Gasteiger partial charge in [0.25, 0.3) is 0 Å². The summed E-state index contributed by atoms with van der Waals surface area (Å²) < 4.78 is 46.0. The van der Waals surface area contributed by atoms with E-state index >= 15 is 0 Å². The minimum Gasteiger partial charge on any atom is -0.492 e. The fourth-order valence-electron chi connectivity index (χ4n) is 4.67. The van der Waals surface area contributed by atoms with Gasteiger partial charge in [-0.25, -0.2) is 21.9 Å². The highest BCUT2D eigenvalue weighted by Gasteiger charge is 2.45. The molecule has 2 aliphatic rings. The number of fused-ring (bicyclic) bond motifs is 3. The van der Waals surface area contributed by atoms with Crippen LogP contribution in [0.4, 0.5) is 15.8 Å². The molecule has 0 aromatic heterocycles. The molecular weight excluding hydrogens is 459 g/mol. The molecule has 182 valence electrons. The Morgan fingerprint density at radius 3 is 2.56 bits per heavy atom. The third-order valence-electron chi connectivity index (χ3n) is 6.52. The number of anilines is 2. The van der Waals surface area contributed by atoms with E-state index in [-0.39, 0.29) is 28.6 Å². The second kappa shape index (κ2) is 9.76. The Hall–Kier alpha value is -2.91. The molecule has 1 fully saturated rings. The highest BCUT2D eigenvalue weighted by atomic mass is 32.2. The quantitative estimate of drug-likeness (QED) is 0.508. The monoisotopic (exact) mass is 488 g/mol. The van der Waals surface area contributed by atoms with Crippen molar-refractivity contribution in [2.24, 2.45) is 5.92 Å². The summed E-state index contributed by atoms with van der Waals surface area (Å²) in [6, 6.07) is 7.05. The number of ether oxygens (including phenoxy) is 1. The number of likely N-dealkylation sites (N-methyl/N-ethyl adjacent to an activating group) is 1. The summed E-state index contributed by atoms with van der Waals surface area (Å²) in [6.45, 7) is 8.73. The number of thiol groups is 1. The van der Waals surface area contributed by atoms with Crippen LogP contribution in [0.15, 0.2) is 35.9 Å². The van der Waals surface area contributed by atoms with E-state index in [9.17, 15) is 22.7 Å². The molecule has 2 aromatic carbocycles. The van der Waals surface area contributed by atoms with Gasteiger partial charge in [-0.2, -0.15) is 0 Å². The highest BCUT2D eigenvalue weighted by Crippen LogP contribution is 2.56. The molecular formula is C25H29FN2O5S. The molecule has 2 unspecified atom stereocenters. The molecule has 9 heteroatoms. The lowest BCUT2D eigenvalue weighted by Gasteiger charge is -2.26. The maximum atomic E-state index is 14.2. The summed E-state index contributed by atoms with van der Waals surface area (Å²) in [5.74, 6) is -0.932. The molecule has 0 bridgehead atoms. The van der Waals surface area contributed by atoms with Crippen LogP contribution in [0.5, 0.6) is 5.75 Å². The molecule has 0 saturated heterocycles. The largest absolute Gasteiger partial charge is 0.492 e. The van der Waals surface area contributed by atoms with E-state index in [0.717, 1.165) is 35.0 Å². The number of halogens is 1. The number of rotatable bonds is 9. The molecule has 34 heavy (non-hydrogen) atoms. The van der Waals surface area contributed by atoms with Crippen molar-refractivity contribution < 1.29 is 27.4 Å². The minimum atomic E-state index is -3.29. The van der Waals surface area contributed by atoms with Gasteiger partial charge in [0.1, 0.15) is 17.1 Å². The van der Waals surface area contributed by atoms with Crippen LogP contribution in [0.3, 0.4) is 0 Å². The Labute approximate surface area is 200 Å². The molecule has 2 atom stereocenters. The van der Waals surface area contributed by atoms with Gasteiger partial charge in [0.2, 0.25) is 10.9 Å². The number of carboxylic acid groups (broad SMARTS) is 1. The van der Waals surface area contributed by atoms with Crippen LogP contribution < -0.4 is 9.04 Å². The summed E-state index contributed by atoms with van der Waals surface area (Å²) in [5, 5.41) is 10.0. The number of benzene rings is 2. The number of nitrogens with zero attached hydrogens (tertiary/aromatic N) is 2. The second-order valence-corrected chi connectivity index (χ2v) is 9.68. The standard InChI is InChI=1S/C25H29FN2O5S/c1-4-27(5-2)13-15(3)10-16-11-18(26)6-8-21(16)28(34(31)32)22-9-7-19-20-12-17(20)14-33-24(19)23(22)25(29)30/h6-11,17,20,34H,4-5,12-14H2,1-3H3,(H,29,30). The average molecular weight is 489 g/mol. The Morgan fingerprint density at radius 2 is 1.91 bits per heavy atom. The number of carboxylic acids is 1. The molecule has 4 rings (SSSR count). The van der Waals surface area contributed by atoms with Gasteiger partial charge in [-0.15, -0.1) is 0 Å². The normalized spacial score (nSPS) is 18.9.